The summed E-state index contributed by atoms with van der Waals surface area (Å²) in [4.78, 5) is 13.5. The molecule has 0 aromatic heterocycles. The normalized spacial score (nSPS) is 23.6. The smallest absolute Gasteiger partial charge is 0.162 e. The Morgan fingerprint density at radius 2 is 1.75 bits per heavy atom. The summed E-state index contributed by atoms with van der Waals surface area (Å²) in [6.07, 6.45) is 4.71. The van der Waals surface area contributed by atoms with Gasteiger partial charge in [-0.1, -0.05) is 67.3 Å². The van der Waals surface area contributed by atoms with Gasteiger partial charge in [-0.25, -0.2) is 0 Å². The number of hydrogen-bond acceptors (Lipinski definition) is 5. The molecular formula is C25H34N6O. The van der Waals surface area contributed by atoms with Gasteiger partial charge in [-0.2, -0.15) is 0 Å². The van der Waals surface area contributed by atoms with Gasteiger partial charge in [0.15, 0.2) is 11.7 Å². The van der Waals surface area contributed by atoms with Crippen molar-refractivity contribution in [2.45, 2.75) is 25.1 Å². The number of nitrogens with zero attached hydrogens (tertiary/aromatic N) is 4. The van der Waals surface area contributed by atoms with Gasteiger partial charge in [0, 0.05) is 37.4 Å². The first-order valence-electron chi connectivity index (χ1n) is 10.8. The zero-order valence-electron chi connectivity index (χ0n) is 19.0. The Morgan fingerprint density at radius 1 is 1.09 bits per heavy atom. The van der Waals surface area contributed by atoms with Crippen LogP contribution in [0.3, 0.4) is 0 Å². The molecule has 1 heterocycles. The predicted octanol–water partition coefficient (Wildman–Crippen LogP) is 2.01. The number of aliphatic hydroxyl groups is 1. The van der Waals surface area contributed by atoms with Crippen LogP contribution in [-0.2, 0) is 0 Å². The molecule has 1 aromatic carbocycles. The molecule has 32 heavy (non-hydrogen) atoms. The van der Waals surface area contributed by atoms with Crippen molar-refractivity contribution in [3.63, 3.8) is 0 Å². The molecule has 5 N–H and O–H groups in total. The van der Waals surface area contributed by atoms with E-state index < -0.39 is 12.1 Å². The summed E-state index contributed by atoms with van der Waals surface area (Å²) in [5.74, 6) is 0.212. The van der Waals surface area contributed by atoms with E-state index in [4.69, 9.17) is 11.5 Å². The van der Waals surface area contributed by atoms with E-state index in [0.717, 1.165) is 48.6 Å². The molecule has 0 bridgehead atoms. The predicted molar refractivity (Wildman–Crippen MR) is 132 cm³/mol. The maximum Gasteiger partial charge on any atom is 0.162 e. The van der Waals surface area contributed by atoms with Crippen LogP contribution in [0.15, 0.2) is 88.5 Å². The first kappa shape index (κ1) is 23.5. The first-order valence-corrected chi connectivity index (χ1v) is 10.8. The molecule has 2 unspecified atom stereocenters. The molecule has 1 fully saturated rings. The summed E-state index contributed by atoms with van der Waals surface area (Å²) >= 11 is 0. The molecule has 0 radical (unpaired) electrons. The Morgan fingerprint density at radius 3 is 2.38 bits per heavy atom. The second-order valence-electron chi connectivity index (χ2n) is 8.37. The number of benzene rings is 1. The van der Waals surface area contributed by atoms with Gasteiger partial charge in [0.2, 0.25) is 0 Å². The SMILES string of the molecule is C=C(C)[C@@H](N=C(N)C(N)=NC1C=CC=C(C(=C)N2CCN(C)CC2)C1O)c1ccccc1. The van der Waals surface area contributed by atoms with Crippen LogP contribution < -0.4 is 11.5 Å². The maximum atomic E-state index is 11.0. The topological polar surface area (TPSA) is 103 Å². The lowest BCUT2D eigenvalue weighted by Gasteiger charge is -2.37. The molecular weight excluding hydrogens is 400 g/mol. The Bertz CT molecular complexity index is 954. The highest BCUT2D eigenvalue weighted by Crippen LogP contribution is 2.26. The number of aliphatic imine (C=N–C) groups is 2. The Labute approximate surface area is 190 Å². The highest BCUT2D eigenvalue weighted by Gasteiger charge is 2.28. The zero-order chi connectivity index (χ0) is 23.3. The minimum atomic E-state index is -0.857. The molecule has 1 aliphatic heterocycles. The average molecular weight is 435 g/mol. The van der Waals surface area contributed by atoms with Crippen molar-refractivity contribution in [2.75, 3.05) is 33.2 Å². The van der Waals surface area contributed by atoms with Gasteiger partial charge < -0.3 is 26.4 Å². The van der Waals surface area contributed by atoms with E-state index in [1.807, 2.05) is 49.4 Å². The lowest BCUT2D eigenvalue weighted by molar-refractivity contribution is 0.167. The molecule has 2 aliphatic rings. The van der Waals surface area contributed by atoms with Crippen LogP contribution in [0.25, 0.3) is 0 Å². The Hall–Kier alpha value is -3.16. The molecule has 1 aromatic rings. The second-order valence-corrected chi connectivity index (χ2v) is 8.37. The number of amidine groups is 2. The van der Waals surface area contributed by atoms with Crippen LogP contribution in [-0.4, -0.2) is 72.0 Å². The molecule has 1 aliphatic carbocycles. The maximum absolute atomic E-state index is 11.0. The summed E-state index contributed by atoms with van der Waals surface area (Å²) in [6, 6.07) is 8.89. The highest BCUT2D eigenvalue weighted by molar-refractivity contribution is 6.39. The zero-order valence-corrected chi connectivity index (χ0v) is 19.0. The molecule has 3 atom stereocenters. The van der Waals surface area contributed by atoms with Crippen LogP contribution in [0.4, 0.5) is 0 Å². The lowest BCUT2D eigenvalue weighted by Crippen LogP contribution is -2.45. The standard InChI is InChI=1S/C25H34N6O/c1-17(2)22(19-9-6-5-7-10-19)29-25(27)24(26)28-21-12-8-11-20(23(21)32)18(3)31-15-13-30(4)14-16-31/h5-12,21-23,32H,1,3,13-16H2,2,4H3,(H2,26,28)(H2,27,29)/t21?,22-,23?/m1/s1. The van der Waals surface area contributed by atoms with Crippen molar-refractivity contribution in [3.8, 4) is 0 Å². The van der Waals surface area contributed by atoms with Crippen molar-refractivity contribution >= 4 is 11.7 Å². The average Bonchev–Trinajstić information content (AvgIpc) is 2.79. The van der Waals surface area contributed by atoms with Crippen LogP contribution in [0.2, 0.25) is 0 Å². The summed E-state index contributed by atoms with van der Waals surface area (Å²) in [6.45, 7) is 13.8. The molecule has 7 heteroatoms. The van der Waals surface area contributed by atoms with Crippen molar-refractivity contribution in [3.05, 3.63) is 84.1 Å². The molecule has 3 rings (SSSR count). The molecule has 170 valence electrons. The third kappa shape index (κ3) is 5.55. The van der Waals surface area contributed by atoms with Gasteiger partial charge in [0.1, 0.15) is 12.1 Å². The Kier molecular flexibility index (Phi) is 7.66. The van der Waals surface area contributed by atoms with Crippen molar-refractivity contribution < 1.29 is 5.11 Å². The summed E-state index contributed by atoms with van der Waals surface area (Å²) in [5, 5.41) is 11.0. The van der Waals surface area contributed by atoms with Crippen molar-refractivity contribution in [2.24, 2.45) is 21.5 Å². The van der Waals surface area contributed by atoms with E-state index in [1.54, 1.807) is 6.08 Å². The molecule has 0 saturated carbocycles. The van der Waals surface area contributed by atoms with Crippen LogP contribution in [0, 0.1) is 0 Å². The van der Waals surface area contributed by atoms with E-state index in [0.29, 0.717) is 0 Å². The molecule has 1 saturated heterocycles. The van der Waals surface area contributed by atoms with E-state index >= 15 is 0 Å². The third-order valence-electron chi connectivity index (χ3n) is 5.85. The Balaban J connectivity index is 1.75. The number of aliphatic hydroxyl groups excluding tert-OH is 1. The minimum Gasteiger partial charge on any atom is -0.386 e. The van der Waals surface area contributed by atoms with Gasteiger partial charge >= 0.3 is 0 Å². The number of nitrogens with two attached hydrogens (primary N) is 2. The number of rotatable bonds is 6. The van der Waals surface area contributed by atoms with E-state index in [1.165, 1.54) is 0 Å². The monoisotopic (exact) mass is 434 g/mol. The van der Waals surface area contributed by atoms with Gasteiger partial charge in [-0.05, 0) is 19.5 Å². The number of likely N-dealkylation sites (N-methyl/N-ethyl adjacent to an activating group) is 1. The number of piperazine rings is 1. The molecule has 7 nitrogen and oxygen atoms in total. The van der Waals surface area contributed by atoms with E-state index in [-0.39, 0.29) is 17.7 Å². The first-order chi connectivity index (χ1) is 15.3. The largest absolute Gasteiger partial charge is 0.386 e. The highest BCUT2D eigenvalue weighted by atomic mass is 16.3. The van der Waals surface area contributed by atoms with Gasteiger partial charge in [-0.15, -0.1) is 0 Å². The molecule has 0 spiro atoms. The quantitative estimate of drug-likeness (QED) is 0.361. The van der Waals surface area contributed by atoms with Crippen molar-refractivity contribution in [1.82, 2.24) is 9.80 Å². The summed E-state index contributed by atoms with van der Waals surface area (Å²) in [7, 11) is 2.10. The number of allylic oxidation sites excluding steroid dienone is 2. The number of hydrogen-bond donors (Lipinski definition) is 3. The fraction of sp³-hybridized carbons (Fsp3) is 0.360. The minimum absolute atomic E-state index is 0.0901. The van der Waals surface area contributed by atoms with E-state index in [2.05, 4.69) is 40.0 Å². The van der Waals surface area contributed by atoms with Gasteiger partial charge in [0.25, 0.3) is 0 Å². The van der Waals surface area contributed by atoms with Crippen LogP contribution in [0.1, 0.15) is 18.5 Å². The van der Waals surface area contributed by atoms with Crippen molar-refractivity contribution in [1.29, 1.82) is 0 Å². The van der Waals surface area contributed by atoms with E-state index in [9.17, 15) is 5.11 Å². The summed E-state index contributed by atoms with van der Waals surface area (Å²) in [5.41, 5.74) is 15.7. The van der Waals surface area contributed by atoms with Crippen LogP contribution in [0.5, 0.6) is 0 Å². The van der Waals surface area contributed by atoms with Gasteiger partial charge in [-0.3, -0.25) is 9.98 Å². The molecule has 0 amide bonds. The van der Waals surface area contributed by atoms with Crippen LogP contribution >= 0.6 is 0 Å². The fourth-order valence-corrected chi connectivity index (χ4v) is 3.84. The summed E-state index contributed by atoms with van der Waals surface area (Å²) < 4.78 is 0. The lowest BCUT2D eigenvalue weighted by atomic mass is 9.94. The van der Waals surface area contributed by atoms with Gasteiger partial charge in [0.05, 0.1) is 6.04 Å². The third-order valence-corrected chi connectivity index (χ3v) is 5.85. The fourth-order valence-electron chi connectivity index (χ4n) is 3.84. The second kappa shape index (κ2) is 10.4.